The molecular weight excluding hydrogens is 663 g/mol. The highest BCUT2D eigenvalue weighted by Crippen LogP contribution is 2.59. The van der Waals surface area contributed by atoms with Crippen molar-refractivity contribution in [2.45, 2.75) is 70.8 Å². The largest absolute Gasteiger partial charge is 0.490 e. The van der Waals surface area contributed by atoms with E-state index in [2.05, 4.69) is 31.4 Å². The first-order valence-electron chi connectivity index (χ1n) is 19.5. The first-order chi connectivity index (χ1) is 25.9. The molecule has 1 N–H and O–H groups in total. The van der Waals surface area contributed by atoms with E-state index in [-0.39, 0.29) is 18.0 Å². The Hall–Kier alpha value is -4.88. The fourth-order valence-corrected chi connectivity index (χ4v) is 9.92. The highest BCUT2D eigenvalue weighted by molar-refractivity contribution is 5.75. The van der Waals surface area contributed by atoms with Crippen molar-refractivity contribution in [3.8, 4) is 34.5 Å². The minimum absolute atomic E-state index is 0.208. The number of benzene rings is 2. The summed E-state index contributed by atoms with van der Waals surface area (Å²) in [4.78, 5) is 37.1. The molecule has 1 aliphatic heterocycles. The molecule has 10 nitrogen and oxygen atoms in total. The lowest BCUT2D eigenvalue weighted by atomic mass is 9.49. The van der Waals surface area contributed by atoms with Gasteiger partial charge in [-0.05, 0) is 136 Å². The van der Waals surface area contributed by atoms with Gasteiger partial charge in [-0.1, -0.05) is 30.3 Å². The Labute approximate surface area is 311 Å². The summed E-state index contributed by atoms with van der Waals surface area (Å²) in [5, 5.41) is 17.2. The lowest BCUT2D eigenvalue weighted by molar-refractivity contribution is -0.123. The first-order valence-corrected chi connectivity index (χ1v) is 19.5. The number of amides is 1. The minimum atomic E-state index is -0.208. The van der Waals surface area contributed by atoms with Crippen LogP contribution in [0.3, 0.4) is 0 Å². The van der Waals surface area contributed by atoms with Crippen molar-refractivity contribution < 1.29 is 9.53 Å². The van der Waals surface area contributed by atoms with Gasteiger partial charge in [0.2, 0.25) is 5.91 Å². The van der Waals surface area contributed by atoms with E-state index in [9.17, 15) is 14.9 Å². The number of aromatic nitrogens is 4. The monoisotopic (exact) mass is 711 g/mol. The Morgan fingerprint density at radius 3 is 2.38 bits per heavy atom. The molecule has 10 heteroatoms. The number of carbonyl (C=O) groups excluding carboxylic acids is 1. The number of ether oxygens (including phenoxy) is 1. The maximum Gasteiger partial charge on any atom is 0.267 e. The van der Waals surface area contributed by atoms with Crippen LogP contribution in [-0.4, -0.2) is 63.3 Å². The predicted octanol–water partition coefficient (Wildman–Crippen LogP) is 6.49. The van der Waals surface area contributed by atoms with E-state index in [1.54, 1.807) is 30.6 Å². The van der Waals surface area contributed by atoms with E-state index in [0.717, 1.165) is 79.9 Å². The maximum absolute atomic E-state index is 12.7. The summed E-state index contributed by atoms with van der Waals surface area (Å²) in [5.41, 5.74) is 3.87. The second kappa shape index (κ2) is 15.6. The Kier molecular flexibility index (Phi) is 10.4. The van der Waals surface area contributed by atoms with Gasteiger partial charge >= 0.3 is 0 Å². The molecule has 2 aromatic heterocycles. The standard InChI is InChI=1S/C43H49N7O3/c44-24-31-4-1-6-36(19-31)39-9-10-41(52)50(48-39)27-32-5-2-7-37(20-32)42-45-25-38(26-46-42)53-28-30-11-14-49(15-12-30)13-3-8-40(51)47-29-43-21-33-16-34(22-43)18-35(17-33)23-43/h1-2,4-7,9-10,19-20,25-26,30,33-35H,3,8,11-18,21-23,27-29H2,(H,47,51). The van der Waals surface area contributed by atoms with E-state index in [0.29, 0.717) is 47.2 Å². The number of rotatable bonds is 13. The van der Waals surface area contributed by atoms with Crippen molar-refractivity contribution in [1.82, 2.24) is 30.0 Å². The minimum Gasteiger partial charge on any atom is -0.490 e. The number of likely N-dealkylation sites (tertiary alicyclic amines) is 1. The van der Waals surface area contributed by atoms with Gasteiger partial charge in [0.05, 0.1) is 42.9 Å². The summed E-state index contributed by atoms with van der Waals surface area (Å²) in [7, 11) is 0. The second-order valence-electron chi connectivity index (χ2n) is 16.2. The van der Waals surface area contributed by atoms with Gasteiger partial charge in [0.15, 0.2) is 11.6 Å². The van der Waals surface area contributed by atoms with Gasteiger partial charge in [-0.25, -0.2) is 14.6 Å². The number of piperidine rings is 1. The molecule has 0 unspecified atom stereocenters. The van der Waals surface area contributed by atoms with Crippen LogP contribution in [0.5, 0.6) is 5.75 Å². The summed E-state index contributed by atoms with van der Waals surface area (Å²) >= 11 is 0. The molecule has 4 aromatic rings. The number of hydrogen-bond acceptors (Lipinski definition) is 8. The van der Waals surface area contributed by atoms with Crippen LogP contribution in [0, 0.1) is 40.4 Å². The average Bonchev–Trinajstić information content (AvgIpc) is 3.17. The Balaban J connectivity index is 0.760. The third kappa shape index (κ3) is 8.52. The number of carbonyl (C=O) groups is 1. The smallest absolute Gasteiger partial charge is 0.267 e. The van der Waals surface area contributed by atoms with E-state index in [4.69, 9.17) is 4.74 Å². The van der Waals surface area contributed by atoms with Crippen molar-refractivity contribution in [2.75, 3.05) is 32.8 Å². The molecule has 4 saturated carbocycles. The van der Waals surface area contributed by atoms with E-state index in [1.807, 2.05) is 36.4 Å². The Morgan fingerprint density at radius 1 is 0.925 bits per heavy atom. The molecule has 1 saturated heterocycles. The molecule has 5 fully saturated rings. The number of nitriles is 1. The SMILES string of the molecule is N#Cc1cccc(-c2ccc(=O)n(Cc3cccc(-c4ncc(OCC5CCN(CCCC(=O)NCC67CC8CC(CC(C8)C6)C7)CC5)cn4)c3)n2)c1. The third-order valence-corrected chi connectivity index (χ3v) is 12.2. The molecule has 53 heavy (non-hydrogen) atoms. The topological polar surface area (TPSA) is 126 Å². The van der Waals surface area contributed by atoms with Crippen LogP contribution in [0.25, 0.3) is 22.6 Å². The van der Waals surface area contributed by atoms with E-state index in [1.165, 1.54) is 49.3 Å². The van der Waals surface area contributed by atoms with Gasteiger partial charge in [-0.2, -0.15) is 10.4 Å². The highest BCUT2D eigenvalue weighted by Gasteiger charge is 2.50. The van der Waals surface area contributed by atoms with Crippen molar-refractivity contribution in [3.05, 3.63) is 94.5 Å². The molecule has 2 aromatic carbocycles. The van der Waals surface area contributed by atoms with Gasteiger partial charge in [0.25, 0.3) is 5.56 Å². The molecule has 0 radical (unpaired) electrons. The summed E-state index contributed by atoms with van der Waals surface area (Å²) in [6, 6.07) is 20.3. The summed E-state index contributed by atoms with van der Waals surface area (Å²) in [5.74, 6) is 4.73. The van der Waals surface area contributed by atoms with Crippen LogP contribution < -0.4 is 15.6 Å². The predicted molar refractivity (Wildman–Crippen MR) is 203 cm³/mol. The molecule has 1 amide bonds. The quantitative estimate of drug-likeness (QED) is 0.167. The van der Waals surface area contributed by atoms with Crippen LogP contribution in [0.4, 0.5) is 0 Å². The fraction of sp³-hybridized carbons (Fsp3) is 0.488. The van der Waals surface area contributed by atoms with Gasteiger partial charge in [-0.15, -0.1) is 0 Å². The molecule has 0 spiro atoms. The Bertz CT molecular complexity index is 1980. The van der Waals surface area contributed by atoms with Crippen LogP contribution in [0.1, 0.15) is 75.3 Å². The number of hydrogen-bond donors (Lipinski definition) is 1. The average molecular weight is 712 g/mol. The van der Waals surface area contributed by atoms with Gasteiger partial charge in [0.1, 0.15) is 0 Å². The van der Waals surface area contributed by atoms with Gasteiger partial charge in [-0.3, -0.25) is 9.59 Å². The zero-order valence-electron chi connectivity index (χ0n) is 30.5. The maximum atomic E-state index is 12.7. The first kappa shape index (κ1) is 35.2. The molecule has 0 atom stereocenters. The van der Waals surface area contributed by atoms with Crippen LogP contribution >= 0.6 is 0 Å². The van der Waals surface area contributed by atoms with Crippen molar-refractivity contribution >= 4 is 5.91 Å². The molecule has 4 bridgehead atoms. The molecule has 3 heterocycles. The van der Waals surface area contributed by atoms with Crippen molar-refractivity contribution in [2.24, 2.45) is 29.1 Å². The number of nitrogens with zero attached hydrogens (tertiary/aromatic N) is 6. The van der Waals surface area contributed by atoms with Gasteiger partial charge < -0.3 is 15.0 Å². The summed E-state index contributed by atoms with van der Waals surface area (Å²) < 4.78 is 7.54. The summed E-state index contributed by atoms with van der Waals surface area (Å²) in [6.45, 7) is 4.88. The summed E-state index contributed by atoms with van der Waals surface area (Å²) in [6.07, 6.45) is 15.5. The molecule has 274 valence electrons. The van der Waals surface area contributed by atoms with Crippen LogP contribution in [0.2, 0.25) is 0 Å². The van der Waals surface area contributed by atoms with Crippen molar-refractivity contribution in [3.63, 3.8) is 0 Å². The fourth-order valence-electron chi connectivity index (χ4n) is 9.92. The Morgan fingerprint density at radius 2 is 1.64 bits per heavy atom. The molecule has 4 aliphatic carbocycles. The molecule has 9 rings (SSSR count). The lowest BCUT2D eigenvalue weighted by Crippen LogP contribution is -2.51. The lowest BCUT2D eigenvalue weighted by Gasteiger charge is -2.56. The van der Waals surface area contributed by atoms with Crippen LogP contribution in [-0.2, 0) is 11.3 Å². The second-order valence-corrected chi connectivity index (χ2v) is 16.2. The molecular formula is C43H49N7O3. The van der Waals surface area contributed by atoms with Crippen molar-refractivity contribution in [1.29, 1.82) is 5.26 Å². The zero-order chi connectivity index (χ0) is 36.2. The zero-order valence-corrected chi connectivity index (χ0v) is 30.5. The highest BCUT2D eigenvalue weighted by atomic mass is 16.5. The normalized spacial score (nSPS) is 23.8. The van der Waals surface area contributed by atoms with Crippen LogP contribution in [0.15, 0.2) is 77.9 Å². The van der Waals surface area contributed by atoms with Gasteiger partial charge in [0, 0.05) is 30.2 Å². The third-order valence-electron chi connectivity index (χ3n) is 12.2. The van der Waals surface area contributed by atoms with E-state index < -0.39 is 0 Å². The number of nitrogens with one attached hydrogen (secondary N) is 1. The molecule has 5 aliphatic rings. The van der Waals surface area contributed by atoms with E-state index >= 15 is 0 Å².